The van der Waals surface area contributed by atoms with Crippen molar-refractivity contribution in [3.05, 3.63) is 60.2 Å². The molecule has 1 heterocycles. The first-order valence-corrected chi connectivity index (χ1v) is 44.7. The van der Waals surface area contributed by atoms with Gasteiger partial charge in [0.1, 0.15) is 0 Å². The summed E-state index contributed by atoms with van der Waals surface area (Å²) in [6.45, 7) is 18.1. The molecule has 0 aliphatic carbocycles. The van der Waals surface area contributed by atoms with Gasteiger partial charge in [-0.25, -0.2) is 0 Å². The van der Waals surface area contributed by atoms with Gasteiger partial charge in [0.2, 0.25) is 11.5 Å². The number of hydrogen-bond acceptors (Lipinski definition) is 8. The molecular weight excluding hydrogens is 1260 g/mol. The molecule has 0 radical (unpaired) electrons. The van der Waals surface area contributed by atoms with Crippen LogP contribution in [0.3, 0.4) is 0 Å². The molecule has 0 saturated heterocycles. The van der Waals surface area contributed by atoms with Crippen LogP contribution in [0.2, 0.25) is 0 Å². The van der Waals surface area contributed by atoms with E-state index in [1.165, 1.54) is 308 Å². The molecule has 0 spiro atoms. The van der Waals surface area contributed by atoms with Gasteiger partial charge >= 0.3 is 0 Å². The molecule has 584 valence electrons. The number of rotatable bonds is 76. The molecule has 4 aromatic rings. The smallest absolute Gasteiger partial charge is 0.203 e. The summed E-state index contributed by atoms with van der Waals surface area (Å²) in [6, 6.07) is 19.5. The average Bonchev–Trinajstić information content (AvgIpc) is 1.57. The quantitative estimate of drug-likeness (QED) is 0.0404. The highest BCUT2D eigenvalue weighted by Crippen LogP contribution is 2.45. The highest BCUT2D eigenvalue weighted by Gasteiger charge is 2.25. The molecule has 0 aliphatic heterocycles. The van der Waals surface area contributed by atoms with Gasteiger partial charge < -0.3 is 33.0 Å². The summed E-state index contributed by atoms with van der Waals surface area (Å²) in [5.41, 5.74) is 2.97. The van der Waals surface area contributed by atoms with E-state index in [4.69, 9.17) is 38.6 Å². The maximum absolute atomic E-state index is 7.02. The van der Waals surface area contributed by atoms with Crippen molar-refractivity contribution in [2.45, 2.75) is 433 Å². The van der Waals surface area contributed by atoms with E-state index < -0.39 is 0 Å². The zero-order valence-electron chi connectivity index (χ0n) is 67.9. The van der Waals surface area contributed by atoms with Crippen molar-refractivity contribution in [3.8, 4) is 57.3 Å². The highest BCUT2D eigenvalue weighted by molar-refractivity contribution is 5.72. The van der Waals surface area contributed by atoms with Crippen LogP contribution in [0.25, 0.3) is 22.8 Å². The Bertz CT molecular complexity index is 2240. The molecule has 0 unspecified atom stereocenters. The van der Waals surface area contributed by atoms with Gasteiger partial charge in [-0.3, -0.25) is 0 Å². The fraction of sp³-hybridized carbons (Fsp3) is 0.785. The van der Waals surface area contributed by atoms with Crippen molar-refractivity contribution in [3.63, 3.8) is 0 Å². The van der Waals surface area contributed by atoms with Gasteiger partial charge in [0.25, 0.3) is 0 Å². The SMILES string of the molecule is CCCCCCCCCCCCOc1cc(-c2nnc(-c3cc(OCCCCCCCCCCCC)c(OCCCCCCCCCCCC)c(OCCCCCCCCCCCC)c3)n2Cc2ccccc2)cc(OCCCCCCCCCCCC)c1OCCCCCCCCCCCC. The number of nitrogens with zero attached hydrogens (tertiary/aromatic N) is 3. The number of ether oxygens (including phenoxy) is 6. The molecule has 0 fully saturated rings. The molecule has 1 aromatic heterocycles. The van der Waals surface area contributed by atoms with Crippen molar-refractivity contribution in [1.29, 1.82) is 0 Å². The monoisotopic (exact) mass is 1420 g/mol. The Morgan fingerprint density at radius 2 is 0.412 bits per heavy atom. The summed E-state index contributed by atoms with van der Waals surface area (Å²) < 4.78 is 44.3. The van der Waals surface area contributed by atoms with Gasteiger partial charge in [0.15, 0.2) is 34.6 Å². The van der Waals surface area contributed by atoms with Crippen molar-refractivity contribution < 1.29 is 28.4 Å². The second-order valence-corrected chi connectivity index (χ2v) is 30.7. The zero-order valence-corrected chi connectivity index (χ0v) is 67.9. The molecule has 0 aliphatic rings. The fourth-order valence-corrected chi connectivity index (χ4v) is 14.4. The molecular formula is C93H161N3O6. The third-order valence-corrected chi connectivity index (χ3v) is 21.0. The first kappa shape index (κ1) is 90.0. The third-order valence-electron chi connectivity index (χ3n) is 21.0. The third kappa shape index (κ3) is 44.5. The molecule has 0 saturated carbocycles. The number of hydrogen-bond donors (Lipinski definition) is 0. The Morgan fingerprint density at radius 1 is 0.225 bits per heavy atom. The Morgan fingerprint density at radius 3 is 0.618 bits per heavy atom. The minimum absolute atomic E-state index is 0.555. The lowest BCUT2D eigenvalue weighted by Crippen LogP contribution is -2.09. The highest BCUT2D eigenvalue weighted by atomic mass is 16.5. The fourth-order valence-electron chi connectivity index (χ4n) is 14.4. The van der Waals surface area contributed by atoms with Gasteiger partial charge in [-0.2, -0.15) is 0 Å². The van der Waals surface area contributed by atoms with Gasteiger partial charge in [0, 0.05) is 11.1 Å². The van der Waals surface area contributed by atoms with Crippen molar-refractivity contribution in [1.82, 2.24) is 14.8 Å². The molecule has 9 nitrogen and oxygen atoms in total. The van der Waals surface area contributed by atoms with Gasteiger partial charge in [0.05, 0.1) is 46.2 Å². The van der Waals surface area contributed by atoms with E-state index in [0.29, 0.717) is 46.2 Å². The van der Waals surface area contributed by atoms with E-state index in [2.05, 4.69) is 101 Å². The van der Waals surface area contributed by atoms with E-state index in [-0.39, 0.29) is 0 Å². The summed E-state index contributed by atoms with van der Waals surface area (Å²) in [7, 11) is 0. The Hall–Kier alpha value is -4.40. The molecule has 0 amide bonds. The molecule has 102 heavy (non-hydrogen) atoms. The molecule has 0 bridgehead atoms. The standard InChI is InChI=1S/C93H161N3O6/c1-7-13-19-25-31-37-43-49-55-64-72-97-86-78-84(79-87(98-73-65-56-50-44-38-32-26-20-14-8-2)90(86)101-76-68-59-53-47-41-35-29-23-17-11-5)92-94-95-93(96(92)82-83-70-62-61-63-71-83)85-80-88(99-74-66-57-51-45-39-33-27-21-15-9-3)91(102-77-69-60-54-48-42-36-30-24-18-12-6)89(81-85)100-75-67-58-52-46-40-34-28-22-16-10-4/h61-63,70-71,78-81H,7-60,64-69,72-77,82H2,1-6H3. The molecule has 9 heteroatoms. The normalized spacial score (nSPS) is 11.5. The zero-order chi connectivity index (χ0) is 72.3. The second kappa shape index (κ2) is 66.1. The minimum Gasteiger partial charge on any atom is -0.490 e. The van der Waals surface area contributed by atoms with E-state index in [9.17, 15) is 0 Å². The lowest BCUT2D eigenvalue weighted by molar-refractivity contribution is 0.234. The van der Waals surface area contributed by atoms with Gasteiger partial charge in [-0.05, 0) is 68.4 Å². The summed E-state index contributed by atoms with van der Waals surface area (Å²) in [5, 5.41) is 10.5. The minimum atomic E-state index is 0.555. The van der Waals surface area contributed by atoms with E-state index >= 15 is 0 Å². The van der Waals surface area contributed by atoms with Crippen LogP contribution in [0, 0.1) is 0 Å². The predicted octanol–water partition coefficient (Wildman–Crippen LogP) is 30.5. The summed E-state index contributed by atoms with van der Waals surface area (Å²) >= 11 is 0. The molecule has 0 atom stereocenters. The molecule has 0 N–H and O–H groups in total. The topological polar surface area (TPSA) is 86.1 Å². The van der Waals surface area contributed by atoms with E-state index in [1.807, 2.05) is 0 Å². The van der Waals surface area contributed by atoms with Crippen LogP contribution in [0.15, 0.2) is 54.6 Å². The van der Waals surface area contributed by atoms with Crippen molar-refractivity contribution >= 4 is 0 Å². The summed E-state index contributed by atoms with van der Waals surface area (Å²) in [4.78, 5) is 0. The van der Waals surface area contributed by atoms with Crippen LogP contribution in [0.1, 0.15) is 432 Å². The van der Waals surface area contributed by atoms with Crippen LogP contribution < -0.4 is 28.4 Å². The van der Waals surface area contributed by atoms with E-state index in [1.54, 1.807) is 0 Å². The Labute approximate surface area is 630 Å². The van der Waals surface area contributed by atoms with Crippen LogP contribution in [-0.2, 0) is 6.54 Å². The van der Waals surface area contributed by atoms with Crippen LogP contribution in [0.4, 0.5) is 0 Å². The summed E-state index contributed by atoms with van der Waals surface area (Å²) in [5.74, 6) is 5.90. The molecule has 3 aromatic carbocycles. The number of benzene rings is 3. The summed E-state index contributed by atoms with van der Waals surface area (Å²) in [6.07, 6.45) is 76.6. The van der Waals surface area contributed by atoms with Crippen molar-refractivity contribution in [2.75, 3.05) is 39.6 Å². The maximum Gasteiger partial charge on any atom is 0.203 e. The van der Waals surface area contributed by atoms with Crippen LogP contribution in [-0.4, -0.2) is 54.4 Å². The maximum atomic E-state index is 7.02. The Balaban J connectivity index is 1.79. The van der Waals surface area contributed by atoms with Gasteiger partial charge in [-0.15, -0.1) is 10.2 Å². The number of unbranched alkanes of at least 4 members (excludes halogenated alkanes) is 54. The van der Waals surface area contributed by atoms with Gasteiger partial charge in [-0.1, -0.05) is 419 Å². The first-order valence-electron chi connectivity index (χ1n) is 44.7. The second-order valence-electron chi connectivity index (χ2n) is 30.7. The largest absolute Gasteiger partial charge is 0.490 e. The number of aromatic nitrogens is 3. The van der Waals surface area contributed by atoms with E-state index in [0.717, 1.165) is 140 Å². The lowest BCUT2D eigenvalue weighted by Gasteiger charge is -2.20. The molecule has 4 rings (SSSR count). The Kier molecular flexibility index (Phi) is 58.3. The predicted molar refractivity (Wildman–Crippen MR) is 440 cm³/mol. The van der Waals surface area contributed by atoms with Crippen LogP contribution in [0.5, 0.6) is 34.5 Å². The average molecular weight is 1420 g/mol. The first-order chi connectivity index (χ1) is 50.6. The van der Waals surface area contributed by atoms with Crippen LogP contribution >= 0.6 is 0 Å². The lowest BCUT2D eigenvalue weighted by atomic mass is 10.1. The van der Waals surface area contributed by atoms with Crippen molar-refractivity contribution in [2.24, 2.45) is 0 Å².